The fourth-order valence-corrected chi connectivity index (χ4v) is 2.48. The molecular weight excluding hydrogens is 252 g/mol. The zero-order valence-corrected chi connectivity index (χ0v) is 10.6. The Balaban J connectivity index is 2.25. The maximum Gasteiger partial charge on any atom is 0.349 e. The van der Waals surface area contributed by atoms with Crippen LogP contribution >= 0.6 is 11.6 Å². The molecule has 0 aliphatic carbocycles. The van der Waals surface area contributed by atoms with Crippen molar-refractivity contribution < 1.29 is 4.74 Å². The maximum absolute atomic E-state index is 11.8. The quantitative estimate of drug-likeness (QED) is 0.740. The number of fused-ring (bicyclic) bond motifs is 3. The van der Waals surface area contributed by atoms with Crippen molar-refractivity contribution in [2.24, 2.45) is 0 Å². The van der Waals surface area contributed by atoms with Crippen molar-refractivity contribution in [2.45, 2.75) is 13.0 Å². The van der Waals surface area contributed by atoms with Gasteiger partial charge in [0.15, 0.2) is 0 Å². The van der Waals surface area contributed by atoms with Crippen LogP contribution in [-0.4, -0.2) is 16.7 Å². The van der Waals surface area contributed by atoms with Crippen LogP contribution in [0.5, 0.6) is 5.75 Å². The van der Waals surface area contributed by atoms with E-state index in [1.54, 1.807) is 17.7 Å². The zero-order chi connectivity index (χ0) is 12.7. The highest BCUT2D eigenvalue weighted by atomic mass is 35.5. The van der Waals surface area contributed by atoms with Gasteiger partial charge in [0.1, 0.15) is 10.9 Å². The normalized spacial score (nSPS) is 12.8. The van der Waals surface area contributed by atoms with Gasteiger partial charge in [0, 0.05) is 18.2 Å². The minimum Gasteiger partial charge on any atom is -0.497 e. The predicted molar refractivity (Wildman–Crippen MR) is 69.2 cm³/mol. The summed E-state index contributed by atoms with van der Waals surface area (Å²) in [4.78, 5) is 15.5. The van der Waals surface area contributed by atoms with Crippen LogP contribution in [-0.2, 0) is 13.0 Å². The maximum atomic E-state index is 11.8. The van der Waals surface area contributed by atoms with Crippen LogP contribution in [0.15, 0.2) is 29.1 Å². The highest BCUT2D eigenvalue weighted by Crippen LogP contribution is 2.31. The molecule has 3 rings (SSSR count). The first-order valence-corrected chi connectivity index (χ1v) is 6.01. The van der Waals surface area contributed by atoms with E-state index < -0.39 is 0 Å². The van der Waals surface area contributed by atoms with Gasteiger partial charge in [-0.05, 0) is 30.2 Å². The molecule has 0 saturated carbocycles. The molecule has 18 heavy (non-hydrogen) atoms. The van der Waals surface area contributed by atoms with E-state index >= 15 is 0 Å². The molecule has 0 radical (unpaired) electrons. The molecule has 1 aliphatic heterocycles. The summed E-state index contributed by atoms with van der Waals surface area (Å²) in [6.45, 7) is 0.624. The second-order valence-corrected chi connectivity index (χ2v) is 4.56. The zero-order valence-electron chi connectivity index (χ0n) is 9.81. The lowest BCUT2D eigenvalue weighted by molar-refractivity contribution is 0.414. The molecular formula is C13H11ClN2O2. The Bertz CT molecular complexity index is 679. The van der Waals surface area contributed by atoms with Crippen LogP contribution in [0.1, 0.15) is 5.56 Å². The molecule has 0 spiro atoms. The fraction of sp³-hybridized carbons (Fsp3) is 0.231. The van der Waals surface area contributed by atoms with E-state index in [2.05, 4.69) is 4.98 Å². The number of aryl methyl sites for hydroxylation is 1. The van der Waals surface area contributed by atoms with Crippen molar-refractivity contribution in [3.63, 3.8) is 0 Å². The van der Waals surface area contributed by atoms with Crippen LogP contribution < -0.4 is 10.4 Å². The molecule has 0 amide bonds. The van der Waals surface area contributed by atoms with E-state index in [9.17, 15) is 4.79 Å². The average Bonchev–Trinajstić information content (AvgIpc) is 2.37. The molecule has 0 atom stereocenters. The summed E-state index contributed by atoms with van der Waals surface area (Å²) in [6.07, 6.45) is 0.794. The third kappa shape index (κ3) is 1.69. The van der Waals surface area contributed by atoms with Gasteiger partial charge < -0.3 is 4.74 Å². The molecule has 0 fully saturated rings. The monoisotopic (exact) mass is 262 g/mol. The Morgan fingerprint density at radius 1 is 1.39 bits per heavy atom. The molecule has 1 aromatic heterocycles. The minimum absolute atomic E-state index is 0.231. The van der Waals surface area contributed by atoms with Gasteiger partial charge in [-0.3, -0.25) is 4.57 Å². The number of nitrogens with zero attached hydrogens (tertiary/aromatic N) is 2. The number of hydrogen-bond acceptors (Lipinski definition) is 3. The van der Waals surface area contributed by atoms with Crippen molar-refractivity contribution >= 4 is 11.6 Å². The first-order valence-electron chi connectivity index (χ1n) is 5.64. The van der Waals surface area contributed by atoms with Gasteiger partial charge in [0.25, 0.3) is 0 Å². The van der Waals surface area contributed by atoms with Gasteiger partial charge in [-0.1, -0.05) is 11.6 Å². The molecule has 0 bridgehead atoms. The van der Waals surface area contributed by atoms with Gasteiger partial charge in [0.2, 0.25) is 0 Å². The van der Waals surface area contributed by atoms with Gasteiger partial charge in [-0.2, -0.15) is 4.98 Å². The standard InChI is InChI=1S/C13H11ClN2O2/c1-18-9-2-3-10-8(6-9)4-5-16-11(10)7-12(14)15-13(16)17/h2-3,6-7H,4-5H2,1H3. The van der Waals surface area contributed by atoms with Gasteiger partial charge in [-0.15, -0.1) is 0 Å². The lowest BCUT2D eigenvalue weighted by atomic mass is 9.97. The number of methoxy groups -OCH3 is 1. The summed E-state index contributed by atoms with van der Waals surface area (Å²) in [7, 11) is 1.64. The minimum atomic E-state index is -0.293. The van der Waals surface area contributed by atoms with Crippen molar-refractivity contribution in [3.8, 4) is 17.0 Å². The molecule has 2 heterocycles. The molecule has 1 aromatic carbocycles. The summed E-state index contributed by atoms with van der Waals surface area (Å²) in [6, 6.07) is 7.56. The third-order valence-corrected chi connectivity index (χ3v) is 3.37. The lowest BCUT2D eigenvalue weighted by Gasteiger charge is -2.21. The van der Waals surface area contributed by atoms with Crippen molar-refractivity contribution in [3.05, 3.63) is 45.5 Å². The first kappa shape index (κ1) is 11.3. The van der Waals surface area contributed by atoms with Crippen LogP contribution in [0.3, 0.4) is 0 Å². The predicted octanol–water partition coefficient (Wildman–Crippen LogP) is 2.13. The van der Waals surface area contributed by atoms with Crippen molar-refractivity contribution in [1.29, 1.82) is 0 Å². The number of ether oxygens (including phenoxy) is 1. The van der Waals surface area contributed by atoms with Crippen LogP contribution in [0.25, 0.3) is 11.3 Å². The smallest absolute Gasteiger partial charge is 0.349 e. The molecule has 4 nitrogen and oxygen atoms in total. The largest absolute Gasteiger partial charge is 0.497 e. The Hall–Kier alpha value is -1.81. The third-order valence-electron chi connectivity index (χ3n) is 3.17. The molecule has 2 aromatic rings. The van der Waals surface area contributed by atoms with Crippen molar-refractivity contribution in [1.82, 2.24) is 9.55 Å². The molecule has 5 heteroatoms. The Labute approximate surface area is 109 Å². The van der Waals surface area contributed by atoms with E-state index in [1.807, 2.05) is 18.2 Å². The number of rotatable bonds is 1. The van der Waals surface area contributed by atoms with Gasteiger partial charge >= 0.3 is 5.69 Å². The summed E-state index contributed by atoms with van der Waals surface area (Å²) >= 11 is 5.86. The molecule has 0 unspecified atom stereocenters. The highest BCUT2D eigenvalue weighted by molar-refractivity contribution is 6.29. The van der Waals surface area contributed by atoms with E-state index in [-0.39, 0.29) is 10.8 Å². The number of benzene rings is 1. The topological polar surface area (TPSA) is 44.1 Å². The second kappa shape index (κ2) is 4.14. The van der Waals surface area contributed by atoms with Crippen LogP contribution in [0.2, 0.25) is 5.15 Å². The van der Waals surface area contributed by atoms with Crippen molar-refractivity contribution in [2.75, 3.05) is 7.11 Å². The van der Waals surface area contributed by atoms with Gasteiger partial charge in [0.05, 0.1) is 12.8 Å². The molecule has 92 valence electrons. The van der Waals surface area contributed by atoms with E-state index in [0.29, 0.717) is 6.54 Å². The average molecular weight is 263 g/mol. The lowest BCUT2D eigenvalue weighted by Crippen LogP contribution is -2.28. The number of halogens is 1. The summed E-state index contributed by atoms with van der Waals surface area (Å²) < 4.78 is 6.86. The van der Waals surface area contributed by atoms with Crippen LogP contribution in [0, 0.1) is 0 Å². The van der Waals surface area contributed by atoms with Gasteiger partial charge in [-0.25, -0.2) is 4.79 Å². The Morgan fingerprint density at radius 2 is 2.22 bits per heavy atom. The van der Waals surface area contributed by atoms with E-state index in [4.69, 9.17) is 16.3 Å². The summed E-state index contributed by atoms with van der Waals surface area (Å²) in [5.74, 6) is 0.824. The SMILES string of the molecule is COc1ccc2c(c1)CCn1c-2cc(Cl)nc1=O. The summed E-state index contributed by atoms with van der Waals surface area (Å²) in [5, 5.41) is 0.231. The Kier molecular flexibility index (Phi) is 2.59. The highest BCUT2D eigenvalue weighted by Gasteiger charge is 2.18. The molecule has 0 N–H and O–H groups in total. The molecule has 0 saturated heterocycles. The number of hydrogen-bond donors (Lipinski definition) is 0. The fourth-order valence-electron chi connectivity index (χ4n) is 2.30. The van der Waals surface area contributed by atoms with E-state index in [1.165, 1.54) is 0 Å². The summed E-state index contributed by atoms with van der Waals surface area (Å²) in [5.41, 5.74) is 2.71. The molecule has 1 aliphatic rings. The number of aromatic nitrogens is 2. The first-order chi connectivity index (χ1) is 8.69. The Morgan fingerprint density at radius 3 is 3.00 bits per heavy atom. The van der Waals surface area contributed by atoms with Crippen LogP contribution in [0.4, 0.5) is 0 Å². The second-order valence-electron chi connectivity index (χ2n) is 4.17. The van der Waals surface area contributed by atoms with E-state index in [0.717, 1.165) is 29.0 Å².